The SMILES string of the molecule is CN(CCNC(=O)C1c2ccccc2C(=O)N(C)C1c1cccs1)C1CCCCC1. The zero-order chi connectivity index (χ0) is 21.1. The summed E-state index contributed by atoms with van der Waals surface area (Å²) in [7, 11) is 3.97. The molecule has 2 aromatic rings. The fourth-order valence-electron chi connectivity index (χ4n) is 4.94. The van der Waals surface area contributed by atoms with Gasteiger partial charge in [0.25, 0.3) is 5.91 Å². The molecule has 0 bridgehead atoms. The quantitative estimate of drug-likeness (QED) is 0.760. The minimum absolute atomic E-state index is 0.00255. The Balaban J connectivity index is 1.51. The van der Waals surface area contributed by atoms with Gasteiger partial charge in [-0.3, -0.25) is 9.59 Å². The zero-order valence-corrected chi connectivity index (χ0v) is 18.7. The number of carbonyl (C=O) groups is 2. The first-order valence-corrected chi connectivity index (χ1v) is 11.8. The summed E-state index contributed by atoms with van der Waals surface area (Å²) in [6, 6.07) is 11.9. The third-order valence-electron chi connectivity index (χ3n) is 6.66. The minimum atomic E-state index is -0.400. The molecule has 2 heterocycles. The Morgan fingerprint density at radius 2 is 1.93 bits per heavy atom. The molecule has 5 nitrogen and oxygen atoms in total. The number of hydrogen-bond acceptors (Lipinski definition) is 4. The lowest BCUT2D eigenvalue weighted by Gasteiger charge is -2.39. The van der Waals surface area contributed by atoms with Crippen molar-refractivity contribution in [1.82, 2.24) is 15.1 Å². The van der Waals surface area contributed by atoms with Crippen LogP contribution >= 0.6 is 11.3 Å². The molecule has 1 aliphatic heterocycles. The summed E-state index contributed by atoms with van der Waals surface area (Å²) in [5.41, 5.74) is 1.46. The molecule has 1 aliphatic carbocycles. The number of likely N-dealkylation sites (N-methyl/N-ethyl adjacent to an activating group) is 2. The fraction of sp³-hybridized carbons (Fsp3) is 0.500. The minimum Gasteiger partial charge on any atom is -0.354 e. The van der Waals surface area contributed by atoms with Gasteiger partial charge in [0.15, 0.2) is 0 Å². The van der Waals surface area contributed by atoms with Crippen molar-refractivity contribution in [2.75, 3.05) is 27.2 Å². The summed E-state index contributed by atoms with van der Waals surface area (Å²) in [5.74, 6) is -0.426. The topological polar surface area (TPSA) is 52.7 Å². The highest BCUT2D eigenvalue weighted by Crippen LogP contribution is 2.43. The summed E-state index contributed by atoms with van der Waals surface area (Å²) in [6.07, 6.45) is 6.48. The van der Waals surface area contributed by atoms with E-state index in [2.05, 4.69) is 17.3 Å². The van der Waals surface area contributed by atoms with Gasteiger partial charge in [-0.1, -0.05) is 43.5 Å². The van der Waals surface area contributed by atoms with Gasteiger partial charge in [0.1, 0.15) is 0 Å². The van der Waals surface area contributed by atoms with E-state index in [-0.39, 0.29) is 17.9 Å². The monoisotopic (exact) mass is 425 g/mol. The summed E-state index contributed by atoms with van der Waals surface area (Å²) in [4.78, 5) is 31.5. The Morgan fingerprint density at radius 3 is 2.67 bits per heavy atom. The highest BCUT2D eigenvalue weighted by molar-refractivity contribution is 7.10. The second-order valence-electron chi connectivity index (χ2n) is 8.50. The van der Waals surface area contributed by atoms with Crippen LogP contribution in [0.25, 0.3) is 0 Å². The molecule has 0 spiro atoms. The molecule has 2 unspecified atom stereocenters. The predicted octanol–water partition coefficient (Wildman–Crippen LogP) is 4.04. The lowest BCUT2D eigenvalue weighted by Crippen LogP contribution is -2.47. The van der Waals surface area contributed by atoms with Gasteiger partial charge in [0.2, 0.25) is 5.91 Å². The number of hydrogen-bond donors (Lipinski definition) is 1. The number of rotatable bonds is 6. The molecule has 0 saturated heterocycles. The van der Waals surface area contributed by atoms with Crippen LogP contribution < -0.4 is 5.32 Å². The Kier molecular flexibility index (Phi) is 6.54. The Morgan fingerprint density at radius 1 is 1.17 bits per heavy atom. The molecule has 2 amide bonds. The molecule has 2 atom stereocenters. The van der Waals surface area contributed by atoms with Crippen molar-refractivity contribution in [3.05, 3.63) is 57.8 Å². The first-order chi connectivity index (χ1) is 14.6. The molecular weight excluding hydrogens is 394 g/mol. The normalized spacial score (nSPS) is 22.2. The number of nitrogens with zero attached hydrogens (tertiary/aromatic N) is 2. The van der Waals surface area contributed by atoms with E-state index in [1.165, 1.54) is 32.1 Å². The standard InChI is InChI=1S/C24H31N3O2S/c1-26(17-9-4-3-5-10-17)15-14-25-23(28)21-18-11-6-7-12-19(18)24(29)27(2)22(21)20-13-8-16-30-20/h6-8,11-13,16-17,21-22H,3-5,9-10,14-15H2,1-2H3,(H,25,28). The van der Waals surface area contributed by atoms with E-state index in [1.807, 2.05) is 41.8 Å². The highest BCUT2D eigenvalue weighted by atomic mass is 32.1. The van der Waals surface area contributed by atoms with Gasteiger partial charge in [-0.05, 0) is 43.0 Å². The lowest BCUT2D eigenvalue weighted by atomic mass is 9.82. The molecule has 1 aromatic carbocycles. The van der Waals surface area contributed by atoms with E-state index >= 15 is 0 Å². The number of amides is 2. The van der Waals surface area contributed by atoms with Crippen molar-refractivity contribution in [2.24, 2.45) is 0 Å². The molecule has 2 aliphatic rings. The van der Waals surface area contributed by atoms with Gasteiger partial charge >= 0.3 is 0 Å². The summed E-state index contributed by atoms with van der Waals surface area (Å²) in [6.45, 7) is 1.47. The highest BCUT2D eigenvalue weighted by Gasteiger charge is 2.42. The second-order valence-corrected chi connectivity index (χ2v) is 9.48. The maximum atomic E-state index is 13.4. The zero-order valence-electron chi connectivity index (χ0n) is 17.8. The molecule has 0 radical (unpaired) electrons. The van der Waals surface area contributed by atoms with Gasteiger partial charge in [0.05, 0.1) is 12.0 Å². The Bertz CT molecular complexity index is 876. The van der Waals surface area contributed by atoms with Crippen LogP contribution in [0.4, 0.5) is 0 Å². The third-order valence-corrected chi connectivity index (χ3v) is 7.60. The first-order valence-electron chi connectivity index (χ1n) is 11.0. The fourth-order valence-corrected chi connectivity index (χ4v) is 5.85. The summed E-state index contributed by atoms with van der Waals surface area (Å²) in [5, 5.41) is 5.18. The molecule has 1 saturated carbocycles. The number of nitrogens with one attached hydrogen (secondary N) is 1. The molecule has 4 rings (SSSR count). The van der Waals surface area contributed by atoms with Crippen LogP contribution in [0.2, 0.25) is 0 Å². The van der Waals surface area contributed by atoms with Crippen molar-refractivity contribution in [2.45, 2.75) is 50.1 Å². The number of fused-ring (bicyclic) bond motifs is 1. The average molecular weight is 426 g/mol. The maximum Gasteiger partial charge on any atom is 0.254 e. The summed E-state index contributed by atoms with van der Waals surface area (Å²) < 4.78 is 0. The molecule has 1 N–H and O–H groups in total. The van der Waals surface area contributed by atoms with Crippen LogP contribution in [0.1, 0.15) is 64.9 Å². The Labute approximate surface area is 183 Å². The van der Waals surface area contributed by atoms with E-state index in [0.717, 1.165) is 17.0 Å². The molecule has 160 valence electrons. The van der Waals surface area contributed by atoms with Gasteiger partial charge in [-0.2, -0.15) is 0 Å². The van der Waals surface area contributed by atoms with Crippen LogP contribution in [-0.2, 0) is 4.79 Å². The van der Waals surface area contributed by atoms with Crippen molar-refractivity contribution in [3.8, 4) is 0 Å². The van der Waals surface area contributed by atoms with Crippen LogP contribution in [0.5, 0.6) is 0 Å². The molecule has 30 heavy (non-hydrogen) atoms. The van der Waals surface area contributed by atoms with Gasteiger partial charge in [0, 0.05) is 36.6 Å². The van der Waals surface area contributed by atoms with Gasteiger partial charge in [-0.15, -0.1) is 11.3 Å². The molecule has 1 aromatic heterocycles. The van der Waals surface area contributed by atoms with Gasteiger partial charge in [-0.25, -0.2) is 0 Å². The first kappa shape index (κ1) is 21.1. The largest absolute Gasteiger partial charge is 0.354 e. The number of benzene rings is 1. The number of carbonyl (C=O) groups excluding carboxylic acids is 2. The van der Waals surface area contributed by atoms with E-state index in [1.54, 1.807) is 23.3 Å². The second kappa shape index (κ2) is 9.31. The molecule has 6 heteroatoms. The number of thiophene rings is 1. The van der Waals surface area contributed by atoms with Crippen LogP contribution in [0, 0.1) is 0 Å². The summed E-state index contributed by atoms with van der Waals surface area (Å²) >= 11 is 1.60. The lowest BCUT2D eigenvalue weighted by molar-refractivity contribution is -0.124. The van der Waals surface area contributed by atoms with E-state index in [0.29, 0.717) is 18.2 Å². The van der Waals surface area contributed by atoms with Crippen molar-refractivity contribution >= 4 is 23.2 Å². The molecule has 1 fully saturated rings. The molecular formula is C24H31N3O2S. The smallest absolute Gasteiger partial charge is 0.254 e. The van der Waals surface area contributed by atoms with Crippen molar-refractivity contribution in [1.29, 1.82) is 0 Å². The van der Waals surface area contributed by atoms with E-state index in [9.17, 15) is 9.59 Å². The van der Waals surface area contributed by atoms with E-state index in [4.69, 9.17) is 0 Å². The van der Waals surface area contributed by atoms with Crippen LogP contribution in [0.3, 0.4) is 0 Å². The van der Waals surface area contributed by atoms with Crippen LogP contribution in [0.15, 0.2) is 41.8 Å². The van der Waals surface area contributed by atoms with Gasteiger partial charge < -0.3 is 15.1 Å². The van der Waals surface area contributed by atoms with E-state index < -0.39 is 5.92 Å². The average Bonchev–Trinajstić information content (AvgIpc) is 3.31. The predicted molar refractivity (Wildman–Crippen MR) is 121 cm³/mol. The van der Waals surface area contributed by atoms with Crippen LogP contribution in [-0.4, -0.2) is 54.8 Å². The van der Waals surface area contributed by atoms with Crippen molar-refractivity contribution in [3.63, 3.8) is 0 Å². The van der Waals surface area contributed by atoms with Crippen molar-refractivity contribution < 1.29 is 9.59 Å². The Hall–Kier alpha value is -2.18. The maximum absolute atomic E-state index is 13.4. The third kappa shape index (κ3) is 4.16.